The maximum Gasteiger partial charge on any atom is 0.324 e. The van der Waals surface area contributed by atoms with E-state index in [0.717, 1.165) is 17.0 Å². The molecule has 1 aromatic heterocycles. The Morgan fingerprint density at radius 1 is 1.09 bits per heavy atom. The van der Waals surface area contributed by atoms with Crippen LogP contribution < -0.4 is 4.90 Å². The van der Waals surface area contributed by atoms with Crippen LogP contribution >= 0.6 is 11.3 Å². The van der Waals surface area contributed by atoms with Crippen LogP contribution in [0, 0.1) is 15.9 Å². The first kappa shape index (κ1) is 15.4. The minimum absolute atomic E-state index is 0.0294. The highest BCUT2D eigenvalue weighted by Gasteiger charge is 2.24. The van der Waals surface area contributed by atoms with Crippen molar-refractivity contribution in [1.29, 1.82) is 0 Å². The average molecular weight is 335 g/mol. The molecular weight excluding hydrogens is 321 g/mol. The number of hydrogen-bond acceptors (Lipinski definition) is 5. The van der Waals surface area contributed by atoms with Crippen molar-refractivity contribution in [2.45, 2.75) is 0 Å². The fourth-order valence-corrected chi connectivity index (χ4v) is 3.30. The van der Waals surface area contributed by atoms with E-state index in [4.69, 9.17) is 0 Å². The Hall–Kier alpha value is -2.48. The molecule has 0 bridgehead atoms. The molecule has 0 unspecified atom stereocenters. The number of nitro groups is 1. The van der Waals surface area contributed by atoms with E-state index in [2.05, 4.69) is 4.90 Å². The van der Waals surface area contributed by atoms with Gasteiger partial charge >= 0.3 is 5.00 Å². The second kappa shape index (κ2) is 6.33. The molecule has 2 aromatic rings. The van der Waals surface area contributed by atoms with Crippen molar-refractivity contribution in [3.63, 3.8) is 0 Å². The number of hydrogen-bond donors (Lipinski definition) is 0. The van der Waals surface area contributed by atoms with Gasteiger partial charge in [-0.1, -0.05) is 11.3 Å². The van der Waals surface area contributed by atoms with Crippen molar-refractivity contribution in [2.75, 3.05) is 31.1 Å². The molecule has 1 aliphatic rings. The minimum atomic E-state index is -0.492. The van der Waals surface area contributed by atoms with Crippen molar-refractivity contribution < 1.29 is 14.1 Å². The van der Waals surface area contributed by atoms with Crippen LogP contribution in [0.15, 0.2) is 36.4 Å². The molecule has 23 heavy (non-hydrogen) atoms. The van der Waals surface area contributed by atoms with E-state index in [1.165, 1.54) is 24.3 Å². The van der Waals surface area contributed by atoms with Crippen LogP contribution in [0.2, 0.25) is 0 Å². The zero-order chi connectivity index (χ0) is 16.4. The molecule has 1 saturated heterocycles. The van der Waals surface area contributed by atoms with Crippen LogP contribution in [0.1, 0.15) is 9.67 Å². The van der Waals surface area contributed by atoms with Crippen molar-refractivity contribution in [3.05, 3.63) is 57.2 Å². The molecule has 0 spiro atoms. The molecule has 120 valence electrons. The molecule has 1 amide bonds. The molecule has 0 radical (unpaired) electrons. The van der Waals surface area contributed by atoms with Gasteiger partial charge in [0.25, 0.3) is 5.91 Å². The zero-order valence-corrected chi connectivity index (χ0v) is 13.0. The summed E-state index contributed by atoms with van der Waals surface area (Å²) in [7, 11) is 0. The predicted octanol–water partition coefficient (Wildman–Crippen LogP) is 2.76. The Labute approximate surface area is 135 Å². The van der Waals surface area contributed by atoms with Gasteiger partial charge in [-0.3, -0.25) is 14.9 Å². The van der Waals surface area contributed by atoms with Gasteiger partial charge in [-0.05, 0) is 30.3 Å². The lowest BCUT2D eigenvalue weighted by Crippen LogP contribution is -2.48. The van der Waals surface area contributed by atoms with Crippen molar-refractivity contribution in [2.24, 2.45) is 0 Å². The Balaban J connectivity index is 1.62. The van der Waals surface area contributed by atoms with E-state index in [1.807, 2.05) is 0 Å². The third-order valence-electron chi connectivity index (χ3n) is 3.74. The number of nitrogens with zero attached hydrogens (tertiary/aromatic N) is 3. The van der Waals surface area contributed by atoms with E-state index >= 15 is 0 Å². The fourth-order valence-electron chi connectivity index (χ4n) is 2.52. The quantitative estimate of drug-likeness (QED) is 0.639. The number of benzene rings is 1. The molecule has 1 fully saturated rings. The third kappa shape index (κ3) is 3.31. The molecular formula is C15H14FN3O3S. The van der Waals surface area contributed by atoms with E-state index < -0.39 is 4.92 Å². The van der Waals surface area contributed by atoms with Crippen LogP contribution in [0.25, 0.3) is 0 Å². The standard InChI is InChI=1S/C15H14FN3O3S/c16-11-1-3-12(4-2-11)17-7-9-18(10-8-17)15(20)13-5-6-14(23-13)19(21)22/h1-6H,7-10H2. The van der Waals surface area contributed by atoms with Gasteiger partial charge in [0.1, 0.15) is 5.82 Å². The van der Waals surface area contributed by atoms with Crippen LogP contribution in [0.5, 0.6) is 0 Å². The van der Waals surface area contributed by atoms with Gasteiger partial charge in [0.15, 0.2) is 0 Å². The highest BCUT2D eigenvalue weighted by molar-refractivity contribution is 7.17. The second-order valence-corrected chi connectivity index (χ2v) is 6.21. The Morgan fingerprint density at radius 3 is 2.30 bits per heavy atom. The van der Waals surface area contributed by atoms with Crippen LogP contribution in [-0.2, 0) is 0 Å². The summed E-state index contributed by atoms with van der Waals surface area (Å²) < 4.78 is 13.0. The maximum atomic E-state index is 13.0. The molecule has 0 atom stereocenters. The van der Waals surface area contributed by atoms with Gasteiger partial charge in [-0.2, -0.15) is 0 Å². The first-order valence-corrected chi connectivity index (χ1v) is 7.90. The van der Waals surface area contributed by atoms with Gasteiger partial charge in [0.05, 0.1) is 9.80 Å². The lowest BCUT2D eigenvalue weighted by Gasteiger charge is -2.35. The third-order valence-corrected chi connectivity index (χ3v) is 4.77. The largest absolute Gasteiger partial charge is 0.368 e. The summed E-state index contributed by atoms with van der Waals surface area (Å²) in [6, 6.07) is 9.12. The van der Waals surface area contributed by atoms with Gasteiger partial charge < -0.3 is 9.80 Å². The number of piperazine rings is 1. The molecule has 3 rings (SSSR count). The molecule has 0 N–H and O–H groups in total. The molecule has 6 nitrogen and oxygen atoms in total. The molecule has 2 heterocycles. The summed E-state index contributed by atoms with van der Waals surface area (Å²) >= 11 is 0.896. The number of carbonyl (C=O) groups is 1. The monoisotopic (exact) mass is 335 g/mol. The summed E-state index contributed by atoms with van der Waals surface area (Å²) in [4.78, 5) is 26.7. The molecule has 1 aliphatic heterocycles. The molecule has 0 aliphatic carbocycles. The zero-order valence-electron chi connectivity index (χ0n) is 12.1. The lowest BCUT2D eigenvalue weighted by molar-refractivity contribution is -0.380. The Bertz CT molecular complexity index is 724. The summed E-state index contributed by atoms with van der Waals surface area (Å²) in [5, 5.41) is 10.7. The normalized spacial score (nSPS) is 14.8. The number of thiophene rings is 1. The Kier molecular flexibility index (Phi) is 4.24. The molecule has 0 saturated carbocycles. The number of rotatable bonds is 3. The van der Waals surface area contributed by atoms with Crippen LogP contribution in [0.3, 0.4) is 0 Å². The van der Waals surface area contributed by atoms with E-state index in [1.54, 1.807) is 17.0 Å². The number of amides is 1. The van der Waals surface area contributed by atoms with Crippen molar-refractivity contribution in [3.8, 4) is 0 Å². The predicted molar refractivity (Wildman–Crippen MR) is 85.5 cm³/mol. The van der Waals surface area contributed by atoms with E-state index in [-0.39, 0.29) is 16.7 Å². The average Bonchev–Trinajstić information content (AvgIpc) is 3.05. The van der Waals surface area contributed by atoms with Crippen LogP contribution in [-0.4, -0.2) is 41.9 Å². The topological polar surface area (TPSA) is 66.7 Å². The summed E-state index contributed by atoms with van der Waals surface area (Å²) in [5.41, 5.74) is 0.922. The van der Waals surface area contributed by atoms with Crippen LogP contribution in [0.4, 0.5) is 15.1 Å². The van der Waals surface area contributed by atoms with Gasteiger partial charge in [0, 0.05) is 37.9 Å². The van der Waals surface area contributed by atoms with Crippen molar-refractivity contribution in [1.82, 2.24) is 4.90 Å². The number of anilines is 1. The van der Waals surface area contributed by atoms with E-state index in [9.17, 15) is 19.3 Å². The van der Waals surface area contributed by atoms with Gasteiger partial charge in [-0.15, -0.1) is 0 Å². The molecule has 8 heteroatoms. The summed E-state index contributed by atoms with van der Waals surface area (Å²) in [5.74, 6) is -0.455. The number of halogens is 1. The SMILES string of the molecule is O=C(c1ccc([N+](=O)[O-])s1)N1CCN(c2ccc(F)cc2)CC1. The first-order chi connectivity index (χ1) is 11.0. The maximum absolute atomic E-state index is 13.0. The first-order valence-electron chi connectivity index (χ1n) is 7.08. The summed E-state index contributed by atoms with van der Waals surface area (Å²) in [6.45, 7) is 2.35. The minimum Gasteiger partial charge on any atom is -0.368 e. The number of carbonyl (C=O) groups excluding carboxylic acids is 1. The summed E-state index contributed by atoms with van der Waals surface area (Å²) in [6.07, 6.45) is 0. The highest BCUT2D eigenvalue weighted by Crippen LogP contribution is 2.26. The van der Waals surface area contributed by atoms with Gasteiger partial charge in [0.2, 0.25) is 0 Å². The lowest BCUT2D eigenvalue weighted by atomic mass is 10.2. The van der Waals surface area contributed by atoms with Crippen molar-refractivity contribution >= 4 is 27.9 Å². The molecule has 1 aromatic carbocycles. The smallest absolute Gasteiger partial charge is 0.324 e. The fraction of sp³-hybridized carbons (Fsp3) is 0.267. The second-order valence-electron chi connectivity index (χ2n) is 5.15. The van der Waals surface area contributed by atoms with E-state index in [0.29, 0.717) is 31.1 Å². The highest BCUT2D eigenvalue weighted by atomic mass is 32.1. The Morgan fingerprint density at radius 2 is 1.74 bits per heavy atom. The van der Waals surface area contributed by atoms with Gasteiger partial charge in [-0.25, -0.2) is 4.39 Å².